The van der Waals surface area contributed by atoms with Crippen LogP contribution in [0.15, 0.2) is 70.0 Å². The molecule has 2 aromatic carbocycles. The lowest BCUT2D eigenvalue weighted by molar-refractivity contribution is -0.127. The van der Waals surface area contributed by atoms with E-state index >= 15 is 0 Å². The first kappa shape index (κ1) is 21.2. The highest BCUT2D eigenvalue weighted by atomic mass is 32.2. The van der Waals surface area contributed by atoms with Crippen LogP contribution in [0.1, 0.15) is 16.9 Å². The average molecular weight is 443 g/mol. The summed E-state index contributed by atoms with van der Waals surface area (Å²) in [7, 11) is 0. The molecule has 1 N–H and O–H groups in total. The zero-order valence-corrected chi connectivity index (χ0v) is 17.8. The Labute approximate surface area is 188 Å². The van der Waals surface area contributed by atoms with Crippen LogP contribution >= 0.6 is 11.8 Å². The third-order valence-electron chi connectivity index (χ3n) is 4.81. The second-order valence-electron chi connectivity index (χ2n) is 6.99. The highest BCUT2D eigenvalue weighted by Crippen LogP contribution is 2.33. The van der Waals surface area contributed by atoms with Crippen LogP contribution in [0.5, 0.6) is 0 Å². The molecule has 7 nitrogen and oxygen atoms in total. The molecule has 2 heterocycles. The standard InChI is InChI=1S/C24H17N3O4S/c1-15-6-2-5-9-19(15)26-22(28)14-27-23(29)21(32-24(27)30)12-17-10-11-20(31-17)18-8-4-3-7-16(18)13-25/h2-12H,14H2,1H3,(H,26,28)/b21-12+. The van der Waals surface area contributed by atoms with Crippen LogP contribution in [0, 0.1) is 18.3 Å². The molecular weight excluding hydrogens is 426 g/mol. The maximum Gasteiger partial charge on any atom is 0.294 e. The Bertz CT molecular complexity index is 1300. The van der Waals surface area contributed by atoms with E-state index in [1.165, 1.54) is 6.08 Å². The Morgan fingerprint density at radius 3 is 2.66 bits per heavy atom. The molecule has 3 amide bonds. The SMILES string of the molecule is Cc1ccccc1NC(=O)CN1C(=O)S/C(=C/c2ccc(-c3ccccc3C#N)o2)C1=O. The molecule has 1 aromatic heterocycles. The van der Waals surface area contributed by atoms with E-state index in [4.69, 9.17) is 4.42 Å². The van der Waals surface area contributed by atoms with Crippen molar-refractivity contribution in [1.29, 1.82) is 5.26 Å². The fourth-order valence-corrected chi connectivity index (χ4v) is 4.00. The van der Waals surface area contributed by atoms with E-state index in [-0.39, 0.29) is 11.4 Å². The number of nitrogens with one attached hydrogen (secondary N) is 1. The van der Waals surface area contributed by atoms with E-state index < -0.39 is 17.1 Å². The van der Waals surface area contributed by atoms with Gasteiger partial charge in [-0.05, 0) is 54.6 Å². The molecule has 0 spiro atoms. The van der Waals surface area contributed by atoms with Crippen molar-refractivity contribution in [2.24, 2.45) is 0 Å². The molecule has 1 fully saturated rings. The number of nitriles is 1. The summed E-state index contributed by atoms with van der Waals surface area (Å²) < 4.78 is 5.76. The van der Waals surface area contributed by atoms with Crippen LogP contribution < -0.4 is 5.32 Å². The number of imide groups is 1. The zero-order chi connectivity index (χ0) is 22.7. The predicted octanol–water partition coefficient (Wildman–Crippen LogP) is 4.80. The summed E-state index contributed by atoms with van der Waals surface area (Å²) in [6.45, 7) is 1.47. The summed E-state index contributed by atoms with van der Waals surface area (Å²) in [5.41, 5.74) is 2.60. The van der Waals surface area contributed by atoms with Crippen molar-refractivity contribution >= 4 is 40.6 Å². The van der Waals surface area contributed by atoms with Gasteiger partial charge in [0.25, 0.3) is 11.1 Å². The smallest absolute Gasteiger partial charge is 0.294 e. The van der Waals surface area contributed by atoms with Crippen LogP contribution in [0.2, 0.25) is 0 Å². The van der Waals surface area contributed by atoms with Crippen LogP contribution in [-0.2, 0) is 9.59 Å². The van der Waals surface area contributed by atoms with Gasteiger partial charge in [0.15, 0.2) is 0 Å². The third-order valence-corrected chi connectivity index (χ3v) is 5.71. The largest absolute Gasteiger partial charge is 0.457 e. The second-order valence-corrected chi connectivity index (χ2v) is 7.98. The van der Waals surface area contributed by atoms with E-state index in [1.807, 2.05) is 19.1 Å². The normalized spacial score (nSPS) is 14.6. The minimum Gasteiger partial charge on any atom is -0.457 e. The predicted molar refractivity (Wildman–Crippen MR) is 121 cm³/mol. The van der Waals surface area contributed by atoms with Crippen molar-refractivity contribution in [3.63, 3.8) is 0 Å². The van der Waals surface area contributed by atoms with Gasteiger partial charge in [0, 0.05) is 17.3 Å². The van der Waals surface area contributed by atoms with E-state index in [0.29, 0.717) is 28.3 Å². The summed E-state index contributed by atoms with van der Waals surface area (Å²) in [5.74, 6) is -0.181. The van der Waals surface area contributed by atoms with Gasteiger partial charge in [-0.15, -0.1) is 0 Å². The van der Waals surface area contributed by atoms with Gasteiger partial charge in [0.1, 0.15) is 18.1 Å². The Hall–Kier alpha value is -4.09. The summed E-state index contributed by atoms with van der Waals surface area (Å²) >= 11 is 0.747. The lowest BCUT2D eigenvalue weighted by Crippen LogP contribution is -2.36. The van der Waals surface area contributed by atoms with Crippen molar-refractivity contribution in [3.05, 3.63) is 82.5 Å². The quantitative estimate of drug-likeness (QED) is 0.568. The average Bonchev–Trinajstić information content (AvgIpc) is 3.35. The minimum absolute atomic E-state index is 0.160. The number of thioether (sulfide) groups is 1. The van der Waals surface area contributed by atoms with E-state index in [0.717, 1.165) is 22.2 Å². The number of aryl methyl sites for hydroxylation is 1. The molecule has 158 valence electrons. The van der Waals surface area contributed by atoms with E-state index in [1.54, 1.807) is 48.5 Å². The molecule has 3 aromatic rings. The number of amides is 3. The summed E-state index contributed by atoms with van der Waals surface area (Å²) in [5, 5.41) is 11.5. The molecule has 1 aliphatic rings. The molecule has 0 saturated carbocycles. The van der Waals surface area contributed by atoms with Crippen LogP contribution in [0.25, 0.3) is 17.4 Å². The number of benzene rings is 2. The molecule has 32 heavy (non-hydrogen) atoms. The van der Waals surface area contributed by atoms with E-state index in [9.17, 15) is 19.6 Å². The number of anilines is 1. The van der Waals surface area contributed by atoms with Crippen LogP contribution in [0.3, 0.4) is 0 Å². The van der Waals surface area contributed by atoms with Crippen LogP contribution in [0.4, 0.5) is 10.5 Å². The number of para-hydroxylation sites is 1. The van der Waals surface area contributed by atoms with Crippen molar-refractivity contribution < 1.29 is 18.8 Å². The summed E-state index contributed by atoms with van der Waals surface area (Å²) in [6.07, 6.45) is 1.46. The molecule has 4 rings (SSSR count). The molecule has 0 atom stereocenters. The highest BCUT2D eigenvalue weighted by molar-refractivity contribution is 8.18. The third kappa shape index (κ3) is 4.33. The molecule has 8 heteroatoms. The fraction of sp³-hybridized carbons (Fsp3) is 0.0833. The van der Waals surface area contributed by atoms with Crippen molar-refractivity contribution in [3.8, 4) is 17.4 Å². The lowest BCUT2D eigenvalue weighted by atomic mass is 10.1. The zero-order valence-electron chi connectivity index (χ0n) is 17.0. The first-order valence-corrected chi connectivity index (χ1v) is 10.5. The first-order chi connectivity index (χ1) is 15.5. The highest BCUT2D eigenvalue weighted by Gasteiger charge is 2.36. The van der Waals surface area contributed by atoms with Gasteiger partial charge >= 0.3 is 0 Å². The fourth-order valence-electron chi connectivity index (χ4n) is 3.18. The number of furan rings is 1. The monoisotopic (exact) mass is 443 g/mol. The minimum atomic E-state index is -0.560. The summed E-state index contributed by atoms with van der Waals surface area (Å²) in [4.78, 5) is 38.5. The van der Waals surface area contributed by atoms with Gasteiger partial charge in [-0.3, -0.25) is 19.3 Å². The summed E-state index contributed by atoms with van der Waals surface area (Å²) in [6, 6.07) is 19.7. The number of hydrogen-bond donors (Lipinski definition) is 1. The topological polar surface area (TPSA) is 103 Å². The Kier molecular flexibility index (Phi) is 5.92. The molecule has 0 aliphatic carbocycles. The molecular formula is C24H17N3O4S. The number of rotatable bonds is 5. The Balaban J connectivity index is 1.48. The number of carbonyl (C=O) groups is 3. The maximum atomic E-state index is 12.7. The van der Waals surface area contributed by atoms with Crippen LogP contribution in [-0.4, -0.2) is 28.5 Å². The number of nitrogens with zero attached hydrogens (tertiary/aromatic N) is 2. The van der Waals surface area contributed by atoms with Gasteiger partial charge in [-0.1, -0.05) is 30.3 Å². The van der Waals surface area contributed by atoms with Gasteiger partial charge < -0.3 is 9.73 Å². The molecule has 1 aliphatic heterocycles. The first-order valence-electron chi connectivity index (χ1n) is 9.66. The van der Waals surface area contributed by atoms with Gasteiger partial charge in [0.05, 0.1) is 16.5 Å². The lowest BCUT2D eigenvalue weighted by Gasteiger charge is -2.13. The second kappa shape index (κ2) is 8.96. The van der Waals surface area contributed by atoms with Gasteiger partial charge in [-0.2, -0.15) is 5.26 Å². The van der Waals surface area contributed by atoms with Crippen molar-refractivity contribution in [2.45, 2.75) is 6.92 Å². The number of carbonyl (C=O) groups excluding carboxylic acids is 3. The van der Waals surface area contributed by atoms with Crippen molar-refractivity contribution in [1.82, 2.24) is 4.90 Å². The molecule has 1 saturated heterocycles. The Morgan fingerprint density at radius 2 is 1.88 bits per heavy atom. The van der Waals surface area contributed by atoms with Gasteiger partial charge in [-0.25, -0.2) is 0 Å². The molecule has 0 radical (unpaired) electrons. The van der Waals surface area contributed by atoms with Gasteiger partial charge in [0.2, 0.25) is 5.91 Å². The maximum absolute atomic E-state index is 12.7. The molecule has 0 unspecified atom stereocenters. The Morgan fingerprint density at radius 1 is 1.12 bits per heavy atom. The van der Waals surface area contributed by atoms with E-state index in [2.05, 4.69) is 11.4 Å². The molecule has 0 bridgehead atoms. The van der Waals surface area contributed by atoms with Crippen molar-refractivity contribution in [2.75, 3.05) is 11.9 Å². The number of hydrogen-bond acceptors (Lipinski definition) is 6.